The Kier molecular flexibility index (Phi) is 4.85. The lowest BCUT2D eigenvalue weighted by atomic mass is 9.93. The van der Waals surface area contributed by atoms with Crippen LogP contribution < -0.4 is 0 Å². The highest BCUT2D eigenvalue weighted by molar-refractivity contribution is 6.30. The average molecular weight is 284 g/mol. The molecular weight excluding hydrogens is 262 g/mol. The van der Waals surface area contributed by atoms with Gasteiger partial charge in [0.05, 0.1) is 11.7 Å². The Morgan fingerprint density at radius 1 is 1.37 bits per heavy atom. The molecule has 0 saturated carbocycles. The van der Waals surface area contributed by atoms with Gasteiger partial charge in [-0.05, 0) is 43.9 Å². The topological polar surface area (TPSA) is 43.7 Å². The SMILES string of the molecule is CC1(O)CCN(CCC(O)c2cccc(Cl)c2)CC1. The van der Waals surface area contributed by atoms with E-state index >= 15 is 0 Å². The molecule has 2 rings (SSSR count). The molecule has 1 heterocycles. The number of piperidine rings is 1. The molecule has 0 bridgehead atoms. The fraction of sp³-hybridized carbons (Fsp3) is 0.600. The van der Waals surface area contributed by atoms with Crippen LogP contribution in [0.5, 0.6) is 0 Å². The van der Waals surface area contributed by atoms with Gasteiger partial charge in [-0.15, -0.1) is 0 Å². The molecule has 1 aliphatic heterocycles. The molecule has 0 aromatic heterocycles. The molecule has 0 radical (unpaired) electrons. The largest absolute Gasteiger partial charge is 0.390 e. The van der Waals surface area contributed by atoms with E-state index < -0.39 is 11.7 Å². The van der Waals surface area contributed by atoms with Gasteiger partial charge in [0.2, 0.25) is 0 Å². The maximum atomic E-state index is 10.1. The van der Waals surface area contributed by atoms with Crippen molar-refractivity contribution in [1.82, 2.24) is 4.90 Å². The molecule has 1 aliphatic rings. The van der Waals surface area contributed by atoms with Crippen molar-refractivity contribution in [2.24, 2.45) is 0 Å². The van der Waals surface area contributed by atoms with Crippen molar-refractivity contribution in [3.05, 3.63) is 34.9 Å². The molecule has 19 heavy (non-hydrogen) atoms. The minimum absolute atomic E-state index is 0.471. The molecule has 2 N–H and O–H groups in total. The zero-order chi connectivity index (χ0) is 13.9. The summed E-state index contributed by atoms with van der Waals surface area (Å²) in [5.41, 5.74) is 0.360. The van der Waals surface area contributed by atoms with Crippen molar-refractivity contribution >= 4 is 11.6 Å². The summed E-state index contributed by atoms with van der Waals surface area (Å²) in [6.45, 7) is 4.54. The van der Waals surface area contributed by atoms with Crippen molar-refractivity contribution in [3.8, 4) is 0 Å². The van der Waals surface area contributed by atoms with Gasteiger partial charge in [-0.25, -0.2) is 0 Å². The Balaban J connectivity index is 1.80. The van der Waals surface area contributed by atoms with Gasteiger partial charge in [0.25, 0.3) is 0 Å². The summed E-state index contributed by atoms with van der Waals surface area (Å²) in [6.07, 6.45) is 1.84. The van der Waals surface area contributed by atoms with E-state index in [2.05, 4.69) is 4.90 Å². The van der Waals surface area contributed by atoms with E-state index in [4.69, 9.17) is 11.6 Å². The first-order chi connectivity index (χ1) is 8.96. The second-order valence-corrected chi connectivity index (χ2v) is 6.13. The molecule has 1 aromatic carbocycles. The van der Waals surface area contributed by atoms with Crippen molar-refractivity contribution in [3.63, 3.8) is 0 Å². The normalized spacial score (nSPS) is 21.3. The van der Waals surface area contributed by atoms with Gasteiger partial charge in [0, 0.05) is 24.7 Å². The lowest BCUT2D eigenvalue weighted by Crippen LogP contribution is -2.42. The first-order valence-electron chi connectivity index (χ1n) is 6.84. The minimum Gasteiger partial charge on any atom is -0.390 e. The van der Waals surface area contributed by atoms with Gasteiger partial charge in [-0.3, -0.25) is 0 Å². The van der Waals surface area contributed by atoms with Gasteiger partial charge in [-0.1, -0.05) is 23.7 Å². The molecule has 1 unspecified atom stereocenters. The van der Waals surface area contributed by atoms with Crippen LogP contribution in [0.4, 0.5) is 0 Å². The van der Waals surface area contributed by atoms with E-state index in [0.717, 1.165) is 38.0 Å². The smallest absolute Gasteiger partial charge is 0.0802 e. The summed E-state index contributed by atoms with van der Waals surface area (Å²) in [4.78, 5) is 2.30. The van der Waals surface area contributed by atoms with Crippen LogP contribution >= 0.6 is 11.6 Å². The maximum Gasteiger partial charge on any atom is 0.0802 e. The summed E-state index contributed by atoms with van der Waals surface area (Å²) in [5.74, 6) is 0. The fourth-order valence-electron chi connectivity index (χ4n) is 2.44. The molecule has 0 amide bonds. The number of halogens is 1. The zero-order valence-electron chi connectivity index (χ0n) is 11.3. The monoisotopic (exact) mass is 283 g/mol. The first kappa shape index (κ1) is 14.8. The summed E-state index contributed by atoms with van der Waals surface area (Å²) >= 11 is 5.92. The van der Waals surface area contributed by atoms with Crippen molar-refractivity contribution in [2.75, 3.05) is 19.6 Å². The van der Waals surface area contributed by atoms with E-state index in [9.17, 15) is 10.2 Å². The first-order valence-corrected chi connectivity index (χ1v) is 7.22. The van der Waals surface area contributed by atoms with E-state index in [1.54, 1.807) is 0 Å². The third kappa shape index (κ3) is 4.46. The standard InChI is InChI=1S/C15H22ClNO2/c1-15(19)6-9-17(10-7-15)8-5-14(18)12-3-2-4-13(16)11-12/h2-4,11,14,18-19H,5-10H2,1H3. The van der Waals surface area contributed by atoms with Crippen LogP contribution in [0.1, 0.15) is 37.9 Å². The van der Waals surface area contributed by atoms with Crippen LogP contribution in [-0.2, 0) is 0 Å². The molecule has 106 valence electrons. The van der Waals surface area contributed by atoms with Crippen LogP contribution in [0.25, 0.3) is 0 Å². The third-order valence-electron chi connectivity index (χ3n) is 3.89. The highest BCUT2D eigenvalue weighted by Crippen LogP contribution is 2.24. The number of hydrogen-bond donors (Lipinski definition) is 2. The lowest BCUT2D eigenvalue weighted by Gasteiger charge is -2.36. The average Bonchev–Trinajstić information content (AvgIpc) is 2.37. The van der Waals surface area contributed by atoms with Crippen LogP contribution in [-0.4, -0.2) is 40.3 Å². The molecule has 1 fully saturated rings. The second kappa shape index (κ2) is 6.23. The molecule has 3 nitrogen and oxygen atoms in total. The summed E-state index contributed by atoms with van der Waals surface area (Å²) in [5, 5.41) is 20.7. The molecule has 1 saturated heterocycles. The number of hydrogen-bond acceptors (Lipinski definition) is 3. The van der Waals surface area contributed by atoms with Gasteiger partial charge < -0.3 is 15.1 Å². The minimum atomic E-state index is -0.512. The van der Waals surface area contributed by atoms with Crippen LogP contribution in [0, 0.1) is 0 Å². The maximum absolute atomic E-state index is 10.1. The Bertz CT molecular complexity index is 412. The van der Waals surface area contributed by atoms with Crippen molar-refractivity contribution < 1.29 is 10.2 Å². The highest BCUT2D eigenvalue weighted by Gasteiger charge is 2.27. The predicted molar refractivity (Wildman–Crippen MR) is 77.3 cm³/mol. The van der Waals surface area contributed by atoms with Crippen LogP contribution in [0.3, 0.4) is 0 Å². The second-order valence-electron chi connectivity index (χ2n) is 5.70. The van der Waals surface area contributed by atoms with Crippen molar-refractivity contribution in [1.29, 1.82) is 0 Å². The summed E-state index contributed by atoms with van der Waals surface area (Å²) < 4.78 is 0. The Hall–Kier alpha value is -0.610. The molecule has 1 aromatic rings. The third-order valence-corrected chi connectivity index (χ3v) is 4.12. The Morgan fingerprint density at radius 3 is 2.68 bits per heavy atom. The molecule has 0 aliphatic carbocycles. The Labute approximate surface area is 119 Å². The molecule has 0 spiro atoms. The number of benzene rings is 1. The van der Waals surface area contributed by atoms with E-state index in [0.29, 0.717) is 11.4 Å². The van der Waals surface area contributed by atoms with Crippen molar-refractivity contribution in [2.45, 2.75) is 37.9 Å². The number of rotatable bonds is 4. The summed E-state index contributed by atoms with van der Waals surface area (Å²) in [7, 11) is 0. The van der Waals surface area contributed by atoms with Gasteiger partial charge >= 0.3 is 0 Å². The van der Waals surface area contributed by atoms with E-state index in [1.807, 2.05) is 31.2 Å². The summed E-state index contributed by atoms with van der Waals surface area (Å²) in [6, 6.07) is 7.38. The van der Waals surface area contributed by atoms with Gasteiger partial charge in [0.1, 0.15) is 0 Å². The molecule has 4 heteroatoms. The van der Waals surface area contributed by atoms with Gasteiger partial charge in [0.15, 0.2) is 0 Å². The fourth-order valence-corrected chi connectivity index (χ4v) is 2.64. The molecule has 1 atom stereocenters. The van der Waals surface area contributed by atoms with E-state index in [1.165, 1.54) is 0 Å². The molecular formula is C15H22ClNO2. The number of likely N-dealkylation sites (tertiary alicyclic amines) is 1. The Morgan fingerprint density at radius 2 is 2.05 bits per heavy atom. The zero-order valence-corrected chi connectivity index (χ0v) is 12.1. The number of nitrogens with zero attached hydrogens (tertiary/aromatic N) is 1. The number of aliphatic hydroxyl groups excluding tert-OH is 1. The van der Waals surface area contributed by atoms with E-state index in [-0.39, 0.29) is 0 Å². The predicted octanol–water partition coefficient (Wildman–Crippen LogP) is 2.61. The quantitative estimate of drug-likeness (QED) is 0.893. The highest BCUT2D eigenvalue weighted by atomic mass is 35.5. The lowest BCUT2D eigenvalue weighted by molar-refractivity contribution is -0.00813. The van der Waals surface area contributed by atoms with Gasteiger partial charge in [-0.2, -0.15) is 0 Å². The van der Waals surface area contributed by atoms with Crippen LogP contribution in [0.15, 0.2) is 24.3 Å². The number of aliphatic hydroxyl groups is 2. The van der Waals surface area contributed by atoms with Crippen LogP contribution in [0.2, 0.25) is 5.02 Å².